The summed E-state index contributed by atoms with van der Waals surface area (Å²) in [5, 5.41) is 6.62. The molecule has 3 rings (SSSR count). The Balaban J connectivity index is 1.83. The topological polar surface area (TPSA) is 24.1 Å². The van der Waals surface area contributed by atoms with Crippen molar-refractivity contribution in [1.82, 2.24) is 0 Å². The van der Waals surface area contributed by atoms with Crippen molar-refractivity contribution in [2.24, 2.45) is 0 Å². The minimum Gasteiger partial charge on any atom is -0.381 e. The summed E-state index contributed by atoms with van der Waals surface area (Å²) < 4.78 is 38.7. The number of hydrogen-bond acceptors (Lipinski definition) is 2. The molecule has 21 heavy (non-hydrogen) atoms. The van der Waals surface area contributed by atoms with Crippen molar-refractivity contribution in [2.45, 2.75) is 12.2 Å². The van der Waals surface area contributed by atoms with E-state index in [9.17, 15) is 13.2 Å². The molecule has 2 aromatic carbocycles. The zero-order valence-corrected chi connectivity index (χ0v) is 12.4. The molecule has 1 unspecified atom stereocenters. The largest absolute Gasteiger partial charge is 0.416 e. The van der Waals surface area contributed by atoms with Crippen molar-refractivity contribution in [3.05, 3.63) is 58.1 Å². The summed E-state index contributed by atoms with van der Waals surface area (Å²) in [6, 6.07) is 11.0. The van der Waals surface area contributed by atoms with Gasteiger partial charge in [-0.3, -0.25) is 0 Å². The standard InChI is InChI=1S/C15H12BrF3N2/c16-11-5-6-12-13(7-11)21-14(8-20-12)9-1-3-10(4-2-9)15(17,18)19/h1-7,14,20-21H,8H2. The second-order valence-electron chi connectivity index (χ2n) is 4.89. The number of benzene rings is 2. The molecule has 2 nitrogen and oxygen atoms in total. The van der Waals surface area contributed by atoms with E-state index < -0.39 is 11.7 Å². The van der Waals surface area contributed by atoms with E-state index >= 15 is 0 Å². The molecular formula is C15H12BrF3N2. The van der Waals surface area contributed by atoms with Crippen LogP contribution in [0.2, 0.25) is 0 Å². The molecule has 0 aliphatic carbocycles. The minimum atomic E-state index is -4.30. The van der Waals surface area contributed by atoms with Crippen LogP contribution in [0.1, 0.15) is 17.2 Å². The van der Waals surface area contributed by atoms with Crippen LogP contribution in [0.4, 0.5) is 24.5 Å². The van der Waals surface area contributed by atoms with Gasteiger partial charge in [0.2, 0.25) is 0 Å². The lowest BCUT2D eigenvalue weighted by atomic mass is 10.0. The van der Waals surface area contributed by atoms with E-state index in [-0.39, 0.29) is 6.04 Å². The van der Waals surface area contributed by atoms with E-state index in [0.717, 1.165) is 33.5 Å². The Morgan fingerprint density at radius 1 is 1.00 bits per heavy atom. The highest BCUT2D eigenvalue weighted by Gasteiger charge is 2.30. The molecule has 0 radical (unpaired) electrons. The van der Waals surface area contributed by atoms with E-state index in [1.165, 1.54) is 12.1 Å². The van der Waals surface area contributed by atoms with Gasteiger partial charge in [-0.15, -0.1) is 0 Å². The van der Waals surface area contributed by atoms with Gasteiger partial charge in [0, 0.05) is 11.0 Å². The summed E-state index contributed by atoms with van der Waals surface area (Å²) >= 11 is 3.41. The Bertz CT molecular complexity index is 653. The van der Waals surface area contributed by atoms with Crippen molar-refractivity contribution < 1.29 is 13.2 Å². The molecule has 110 valence electrons. The molecule has 0 spiro atoms. The van der Waals surface area contributed by atoms with Crippen LogP contribution in [-0.2, 0) is 6.18 Å². The van der Waals surface area contributed by atoms with Gasteiger partial charge in [-0.2, -0.15) is 13.2 Å². The molecule has 0 aromatic heterocycles. The first-order valence-electron chi connectivity index (χ1n) is 6.40. The maximum Gasteiger partial charge on any atom is 0.416 e. The molecule has 0 fully saturated rings. The van der Waals surface area contributed by atoms with Crippen LogP contribution < -0.4 is 10.6 Å². The zero-order valence-electron chi connectivity index (χ0n) is 10.8. The number of rotatable bonds is 1. The van der Waals surface area contributed by atoms with E-state index in [0.29, 0.717) is 6.54 Å². The van der Waals surface area contributed by atoms with E-state index in [4.69, 9.17) is 0 Å². The highest BCUT2D eigenvalue weighted by molar-refractivity contribution is 9.10. The van der Waals surface area contributed by atoms with Crippen LogP contribution in [0.25, 0.3) is 0 Å². The number of anilines is 2. The molecule has 1 heterocycles. The van der Waals surface area contributed by atoms with Crippen molar-refractivity contribution in [3.63, 3.8) is 0 Å². The van der Waals surface area contributed by atoms with Crippen LogP contribution >= 0.6 is 15.9 Å². The van der Waals surface area contributed by atoms with Gasteiger partial charge < -0.3 is 10.6 Å². The summed E-state index contributed by atoms with van der Waals surface area (Å²) in [5.41, 5.74) is 2.11. The number of hydrogen-bond donors (Lipinski definition) is 2. The van der Waals surface area contributed by atoms with E-state index in [1.54, 1.807) is 0 Å². The molecular weight excluding hydrogens is 345 g/mol. The number of alkyl halides is 3. The van der Waals surface area contributed by atoms with Gasteiger partial charge in [0.15, 0.2) is 0 Å². The van der Waals surface area contributed by atoms with Gasteiger partial charge in [0.05, 0.1) is 23.0 Å². The van der Waals surface area contributed by atoms with Crippen LogP contribution in [-0.4, -0.2) is 6.54 Å². The monoisotopic (exact) mass is 356 g/mol. The van der Waals surface area contributed by atoms with Gasteiger partial charge >= 0.3 is 6.18 Å². The molecule has 1 atom stereocenters. The molecule has 0 amide bonds. The van der Waals surface area contributed by atoms with Gasteiger partial charge in [0.1, 0.15) is 0 Å². The SMILES string of the molecule is FC(F)(F)c1ccc(C2CNc3ccc(Br)cc3N2)cc1. The lowest BCUT2D eigenvalue weighted by molar-refractivity contribution is -0.137. The molecule has 0 saturated heterocycles. The smallest absolute Gasteiger partial charge is 0.381 e. The van der Waals surface area contributed by atoms with Crippen LogP contribution in [0.3, 0.4) is 0 Å². The maximum atomic E-state index is 12.6. The maximum absolute atomic E-state index is 12.6. The van der Waals surface area contributed by atoms with E-state index in [1.807, 2.05) is 18.2 Å². The van der Waals surface area contributed by atoms with Crippen LogP contribution in [0.15, 0.2) is 46.9 Å². The predicted molar refractivity (Wildman–Crippen MR) is 80.4 cm³/mol. The Hall–Kier alpha value is -1.69. The van der Waals surface area contributed by atoms with Crippen LogP contribution in [0, 0.1) is 0 Å². The minimum absolute atomic E-state index is 0.0610. The number of halogens is 4. The molecule has 1 aliphatic heterocycles. The van der Waals surface area contributed by atoms with Gasteiger partial charge in [-0.25, -0.2) is 0 Å². The first kappa shape index (κ1) is 14.3. The van der Waals surface area contributed by atoms with Gasteiger partial charge in [-0.05, 0) is 35.9 Å². The fourth-order valence-electron chi connectivity index (χ4n) is 2.35. The third kappa shape index (κ3) is 3.00. The first-order chi connectivity index (χ1) is 9.93. The van der Waals surface area contributed by atoms with Crippen molar-refractivity contribution in [2.75, 3.05) is 17.2 Å². The summed E-state index contributed by atoms with van der Waals surface area (Å²) in [5.74, 6) is 0. The van der Waals surface area contributed by atoms with Crippen molar-refractivity contribution >= 4 is 27.3 Å². The number of nitrogens with one attached hydrogen (secondary N) is 2. The lowest BCUT2D eigenvalue weighted by Gasteiger charge is -2.29. The predicted octanol–water partition coefficient (Wildman–Crippen LogP) is 5.05. The average Bonchev–Trinajstić information content (AvgIpc) is 2.45. The van der Waals surface area contributed by atoms with Crippen LogP contribution in [0.5, 0.6) is 0 Å². The van der Waals surface area contributed by atoms with Crippen molar-refractivity contribution in [3.8, 4) is 0 Å². The molecule has 2 aromatic rings. The summed E-state index contributed by atoms with van der Waals surface area (Å²) in [7, 11) is 0. The Morgan fingerprint density at radius 3 is 2.38 bits per heavy atom. The highest BCUT2D eigenvalue weighted by Crippen LogP contribution is 2.35. The quantitative estimate of drug-likeness (QED) is 0.747. The Morgan fingerprint density at radius 2 is 1.71 bits per heavy atom. The normalized spacial score (nSPS) is 17.6. The van der Waals surface area contributed by atoms with E-state index in [2.05, 4.69) is 26.6 Å². The third-order valence-corrected chi connectivity index (χ3v) is 3.94. The van der Waals surface area contributed by atoms with Gasteiger partial charge in [0.25, 0.3) is 0 Å². The Labute approximate surface area is 128 Å². The van der Waals surface area contributed by atoms with Gasteiger partial charge in [-0.1, -0.05) is 28.1 Å². The summed E-state index contributed by atoms with van der Waals surface area (Å²) in [6.45, 7) is 0.625. The highest BCUT2D eigenvalue weighted by atomic mass is 79.9. The zero-order chi connectivity index (χ0) is 15.0. The second kappa shape index (κ2) is 5.26. The molecule has 6 heteroatoms. The molecule has 2 N–H and O–H groups in total. The summed E-state index contributed by atoms with van der Waals surface area (Å²) in [6.07, 6.45) is -4.30. The third-order valence-electron chi connectivity index (χ3n) is 3.45. The first-order valence-corrected chi connectivity index (χ1v) is 7.20. The lowest BCUT2D eigenvalue weighted by Crippen LogP contribution is -2.25. The van der Waals surface area contributed by atoms with Crippen molar-refractivity contribution in [1.29, 1.82) is 0 Å². The Kier molecular flexibility index (Phi) is 3.57. The molecule has 0 saturated carbocycles. The average molecular weight is 357 g/mol. The summed E-state index contributed by atoms with van der Waals surface area (Å²) in [4.78, 5) is 0. The molecule has 0 bridgehead atoms. The second-order valence-corrected chi connectivity index (χ2v) is 5.80. The fourth-order valence-corrected chi connectivity index (χ4v) is 2.71. The fraction of sp³-hybridized carbons (Fsp3) is 0.200. The molecule has 1 aliphatic rings. The number of fused-ring (bicyclic) bond motifs is 1.